The first-order chi connectivity index (χ1) is 11.9. The molecule has 0 aliphatic heterocycles. The first-order valence-electron chi connectivity index (χ1n) is 8.15. The van der Waals surface area contributed by atoms with E-state index < -0.39 is 21.9 Å². The molecule has 2 unspecified atom stereocenters. The molecule has 0 rings (SSSR count). The van der Waals surface area contributed by atoms with Gasteiger partial charge in [-0.05, 0) is 13.8 Å². The molecule has 0 aromatic rings. The Morgan fingerprint density at radius 2 is 1.24 bits per heavy atom. The Kier molecular flexibility index (Phi) is 11.9. The van der Waals surface area contributed by atoms with Crippen molar-refractivity contribution in [2.75, 3.05) is 13.2 Å². The molecular weight excluding hydrogens is 340 g/mol. The monoisotopic (exact) mass is 368 g/mol. The predicted molar refractivity (Wildman–Crippen MR) is 98.9 cm³/mol. The second-order valence-corrected chi connectivity index (χ2v) is 5.99. The van der Waals surface area contributed by atoms with Crippen LogP contribution in [0.5, 0.6) is 0 Å². The van der Waals surface area contributed by atoms with E-state index in [0.29, 0.717) is 11.1 Å². The molecule has 0 saturated heterocycles. The third-order valence-electron chi connectivity index (χ3n) is 3.27. The Hall–Kier alpha value is -2.28. The quantitative estimate of drug-likeness (QED) is 0.132. The maximum absolute atomic E-state index is 11.9. The minimum absolute atomic E-state index is 0.209. The Bertz CT molecular complexity index is 478. The van der Waals surface area contributed by atoms with Crippen molar-refractivity contribution in [2.24, 2.45) is 11.8 Å². The molecule has 7 heteroatoms. The molecule has 140 valence electrons. The van der Waals surface area contributed by atoms with Crippen molar-refractivity contribution in [1.29, 1.82) is 0 Å². The number of ether oxygens (including phenoxy) is 2. The molecule has 0 aliphatic rings. The zero-order valence-corrected chi connectivity index (χ0v) is 16.9. The van der Waals surface area contributed by atoms with Crippen LogP contribution < -0.4 is 0 Å². The van der Waals surface area contributed by atoms with Gasteiger partial charge in [0.2, 0.25) is 0 Å². The molecule has 2 atom stereocenters. The second kappa shape index (κ2) is 13.1. The van der Waals surface area contributed by atoms with E-state index in [2.05, 4.69) is 13.2 Å². The summed E-state index contributed by atoms with van der Waals surface area (Å²) in [5, 5.41) is 0. The third kappa shape index (κ3) is 8.39. The molecule has 0 bridgehead atoms. The van der Waals surface area contributed by atoms with Gasteiger partial charge >= 0.3 is 21.9 Å². The van der Waals surface area contributed by atoms with Gasteiger partial charge < -0.3 is 18.3 Å². The molecule has 0 spiro atoms. The van der Waals surface area contributed by atoms with Gasteiger partial charge in [-0.15, -0.1) is 13.2 Å². The lowest BCUT2D eigenvalue weighted by molar-refractivity contribution is -0.139. The molecule has 0 heterocycles. The van der Waals surface area contributed by atoms with Gasteiger partial charge in [-0.1, -0.05) is 26.0 Å². The molecule has 0 saturated carbocycles. The van der Waals surface area contributed by atoms with Gasteiger partial charge in [0.25, 0.3) is 0 Å². The van der Waals surface area contributed by atoms with E-state index in [1.165, 1.54) is 12.5 Å². The maximum Gasteiger partial charge on any atom is 0.426 e. The lowest BCUT2D eigenvalue weighted by Crippen LogP contribution is -2.15. The van der Waals surface area contributed by atoms with Gasteiger partial charge in [0.15, 0.2) is 0 Å². The Balaban J connectivity index is 4.86. The molecule has 0 aliphatic carbocycles. The fraction of sp³-hybridized carbons (Fsp3) is 0.444. The standard InChI is InChI=1S/C18H28O6Si/c1-7-13(5)15(17(19)21-9-3)11-23-25-24-12-16(14(6)8-2)18(20)22-10-4/h7-8,11-14H,1-2,9-10,25H2,3-6H3. The van der Waals surface area contributed by atoms with Crippen LogP contribution in [0.15, 0.2) is 49.0 Å². The summed E-state index contributed by atoms with van der Waals surface area (Å²) < 4.78 is 20.7. The summed E-state index contributed by atoms with van der Waals surface area (Å²) in [4.78, 5) is 23.8. The summed E-state index contributed by atoms with van der Waals surface area (Å²) in [6, 6.07) is 0. The number of allylic oxidation sites excluding steroid dienone is 2. The smallest absolute Gasteiger partial charge is 0.426 e. The predicted octanol–water partition coefficient (Wildman–Crippen LogP) is 2.56. The van der Waals surface area contributed by atoms with Crippen molar-refractivity contribution in [3.05, 3.63) is 49.0 Å². The van der Waals surface area contributed by atoms with E-state index in [-0.39, 0.29) is 25.0 Å². The van der Waals surface area contributed by atoms with Crippen LogP contribution in [0.25, 0.3) is 0 Å². The van der Waals surface area contributed by atoms with Gasteiger partial charge in [0.1, 0.15) is 0 Å². The van der Waals surface area contributed by atoms with E-state index in [9.17, 15) is 9.59 Å². The van der Waals surface area contributed by atoms with Gasteiger partial charge in [0, 0.05) is 11.8 Å². The first kappa shape index (κ1) is 22.7. The van der Waals surface area contributed by atoms with E-state index >= 15 is 0 Å². The van der Waals surface area contributed by atoms with E-state index in [4.69, 9.17) is 18.3 Å². The van der Waals surface area contributed by atoms with Gasteiger partial charge in [0.05, 0.1) is 36.9 Å². The third-order valence-corrected chi connectivity index (χ3v) is 3.87. The van der Waals surface area contributed by atoms with E-state index in [0.717, 1.165) is 0 Å². The van der Waals surface area contributed by atoms with Crippen molar-refractivity contribution in [3.8, 4) is 0 Å². The number of carbonyl (C=O) groups excluding carboxylic acids is 2. The van der Waals surface area contributed by atoms with Gasteiger partial charge in [-0.3, -0.25) is 0 Å². The highest BCUT2D eigenvalue weighted by Crippen LogP contribution is 2.15. The Labute approximate surface area is 152 Å². The fourth-order valence-electron chi connectivity index (χ4n) is 1.65. The Morgan fingerprint density at radius 1 is 0.880 bits per heavy atom. The summed E-state index contributed by atoms with van der Waals surface area (Å²) in [5.74, 6) is -1.32. The average molecular weight is 369 g/mol. The zero-order chi connectivity index (χ0) is 19.2. The van der Waals surface area contributed by atoms with Crippen LogP contribution >= 0.6 is 0 Å². The van der Waals surface area contributed by atoms with Crippen molar-refractivity contribution < 1.29 is 27.9 Å². The van der Waals surface area contributed by atoms with Crippen LogP contribution in [0.2, 0.25) is 0 Å². The molecule has 0 amide bonds. The Morgan fingerprint density at radius 3 is 1.52 bits per heavy atom. The van der Waals surface area contributed by atoms with E-state index in [1.807, 2.05) is 13.8 Å². The largest absolute Gasteiger partial charge is 0.522 e. The van der Waals surface area contributed by atoms with E-state index in [1.54, 1.807) is 26.0 Å². The average Bonchev–Trinajstić information content (AvgIpc) is 2.60. The van der Waals surface area contributed by atoms with Crippen molar-refractivity contribution in [3.63, 3.8) is 0 Å². The summed E-state index contributed by atoms with van der Waals surface area (Å²) in [6.07, 6.45) is 5.93. The summed E-state index contributed by atoms with van der Waals surface area (Å²) in [7, 11) is -1.48. The highest BCUT2D eigenvalue weighted by atomic mass is 28.3. The molecular formula is C18H28O6Si. The molecule has 0 aromatic heterocycles. The number of hydrogen-bond donors (Lipinski definition) is 0. The normalized spacial score (nSPS) is 14.6. The highest BCUT2D eigenvalue weighted by Gasteiger charge is 2.17. The lowest BCUT2D eigenvalue weighted by Gasteiger charge is -2.12. The number of rotatable bonds is 12. The van der Waals surface area contributed by atoms with Crippen molar-refractivity contribution in [1.82, 2.24) is 0 Å². The summed E-state index contributed by atoms with van der Waals surface area (Å²) in [6.45, 7) is 15.0. The first-order valence-corrected chi connectivity index (χ1v) is 9.30. The molecule has 0 fully saturated rings. The summed E-state index contributed by atoms with van der Waals surface area (Å²) in [5.41, 5.74) is 0.726. The van der Waals surface area contributed by atoms with Crippen molar-refractivity contribution in [2.45, 2.75) is 27.7 Å². The summed E-state index contributed by atoms with van der Waals surface area (Å²) >= 11 is 0. The second-order valence-electron chi connectivity index (χ2n) is 5.09. The van der Waals surface area contributed by atoms with Crippen LogP contribution in [0.3, 0.4) is 0 Å². The van der Waals surface area contributed by atoms with Gasteiger partial charge in [-0.25, -0.2) is 9.59 Å². The molecule has 0 aromatic carbocycles. The highest BCUT2D eigenvalue weighted by molar-refractivity contribution is 6.19. The number of hydrogen-bond acceptors (Lipinski definition) is 6. The molecule has 0 radical (unpaired) electrons. The topological polar surface area (TPSA) is 71.1 Å². The molecule has 0 N–H and O–H groups in total. The SMILES string of the molecule is C=CC(C)C(=CO[SiH2]OC=C(C(=O)OCC)C(C)C=C)C(=O)OCC. The van der Waals surface area contributed by atoms with Crippen molar-refractivity contribution >= 4 is 21.9 Å². The minimum atomic E-state index is -1.48. The number of carbonyl (C=O) groups is 2. The fourth-order valence-corrected chi connectivity index (χ4v) is 2.23. The van der Waals surface area contributed by atoms with Crippen LogP contribution in [0.1, 0.15) is 27.7 Å². The van der Waals surface area contributed by atoms with Crippen LogP contribution in [0, 0.1) is 11.8 Å². The zero-order valence-electron chi connectivity index (χ0n) is 15.4. The molecule has 6 nitrogen and oxygen atoms in total. The van der Waals surface area contributed by atoms with Crippen LogP contribution in [-0.4, -0.2) is 35.2 Å². The van der Waals surface area contributed by atoms with Gasteiger partial charge in [-0.2, -0.15) is 0 Å². The van der Waals surface area contributed by atoms with Crippen LogP contribution in [0.4, 0.5) is 0 Å². The maximum atomic E-state index is 11.9. The lowest BCUT2D eigenvalue weighted by atomic mass is 10.0. The molecule has 25 heavy (non-hydrogen) atoms. The minimum Gasteiger partial charge on any atom is -0.522 e. The van der Waals surface area contributed by atoms with Crippen LogP contribution in [-0.2, 0) is 27.9 Å². The number of esters is 2.